The fourth-order valence-corrected chi connectivity index (χ4v) is 5.76. The molecule has 0 aliphatic rings. The monoisotopic (exact) mass is 658 g/mol. The number of fused-ring (bicyclic) bond motifs is 2. The topological polar surface area (TPSA) is 136 Å². The van der Waals surface area contributed by atoms with Crippen LogP contribution in [0.1, 0.15) is 16.7 Å². The average Bonchev–Trinajstić information content (AvgIpc) is 3.61. The van der Waals surface area contributed by atoms with Gasteiger partial charge in [0.05, 0.1) is 16.4 Å². The fraction of sp³-hybridized carbons (Fsp3) is 0.118. The summed E-state index contributed by atoms with van der Waals surface area (Å²) in [4.78, 5) is 9.49. The zero-order valence-corrected chi connectivity index (χ0v) is 26.2. The average molecular weight is 660 g/mol. The number of anilines is 4. The van der Waals surface area contributed by atoms with Crippen LogP contribution in [0, 0.1) is 6.92 Å². The van der Waals surface area contributed by atoms with Gasteiger partial charge in [-0.2, -0.15) is 19.2 Å². The number of hydrogen-bond acceptors (Lipinski definition) is 8. The van der Waals surface area contributed by atoms with Crippen molar-refractivity contribution in [3.63, 3.8) is 0 Å². The standard InChI is InChI=1S/C34H31BrN10/c1-21-32(26-9-5-6-22(16-26)14-15-38-30-17-28(36)44-34(42-30)27(35)20-40-44)43-45-29(37)18-31(41-33(21)45)39-19-23-10-12-25(13-11-23)24-7-3-2-4-8-24/h2-13,16-18,20H,14-15,19,36-37H2,1H3,(H,38,42)(H,39,41). The molecule has 4 aromatic heterocycles. The number of nitrogen functional groups attached to an aromatic ring is 2. The number of nitrogens with zero attached hydrogens (tertiary/aromatic N) is 6. The van der Waals surface area contributed by atoms with Gasteiger partial charge in [-0.05, 0) is 57.6 Å². The third-order valence-electron chi connectivity index (χ3n) is 7.76. The van der Waals surface area contributed by atoms with Gasteiger partial charge in [-0.3, -0.25) is 0 Å². The Morgan fingerprint density at radius 2 is 1.40 bits per heavy atom. The van der Waals surface area contributed by atoms with Crippen molar-refractivity contribution in [1.29, 1.82) is 0 Å². The third-order valence-corrected chi connectivity index (χ3v) is 8.32. The molecule has 0 aliphatic carbocycles. The lowest BCUT2D eigenvalue weighted by Crippen LogP contribution is -2.09. The summed E-state index contributed by atoms with van der Waals surface area (Å²) < 4.78 is 4.10. The van der Waals surface area contributed by atoms with Crippen molar-refractivity contribution in [3.8, 4) is 22.4 Å². The highest BCUT2D eigenvalue weighted by atomic mass is 79.9. The second-order valence-electron chi connectivity index (χ2n) is 10.9. The van der Waals surface area contributed by atoms with E-state index in [4.69, 9.17) is 21.5 Å². The van der Waals surface area contributed by atoms with Crippen molar-refractivity contribution in [1.82, 2.24) is 29.2 Å². The summed E-state index contributed by atoms with van der Waals surface area (Å²) in [5.74, 6) is 2.44. The van der Waals surface area contributed by atoms with E-state index >= 15 is 0 Å². The normalized spacial score (nSPS) is 11.3. The molecule has 3 aromatic carbocycles. The van der Waals surface area contributed by atoms with Crippen LogP contribution in [0.15, 0.2) is 102 Å². The number of nitrogens with one attached hydrogen (secondary N) is 2. The van der Waals surface area contributed by atoms with Crippen LogP contribution in [0.3, 0.4) is 0 Å². The van der Waals surface area contributed by atoms with Crippen molar-refractivity contribution in [2.75, 3.05) is 28.6 Å². The predicted octanol–water partition coefficient (Wildman–Crippen LogP) is 6.61. The minimum absolute atomic E-state index is 0.515. The van der Waals surface area contributed by atoms with E-state index in [0.717, 1.165) is 44.5 Å². The molecular weight excluding hydrogens is 628 g/mol. The second kappa shape index (κ2) is 11.9. The molecule has 4 heterocycles. The van der Waals surface area contributed by atoms with Gasteiger partial charge in [0, 0.05) is 36.3 Å². The minimum Gasteiger partial charge on any atom is -0.383 e. The van der Waals surface area contributed by atoms with Crippen LogP contribution in [0.5, 0.6) is 0 Å². The van der Waals surface area contributed by atoms with Crippen LogP contribution in [-0.2, 0) is 13.0 Å². The van der Waals surface area contributed by atoms with Gasteiger partial charge < -0.3 is 22.1 Å². The Bertz CT molecular complexity index is 2140. The molecule has 7 aromatic rings. The predicted molar refractivity (Wildman–Crippen MR) is 184 cm³/mol. The molecule has 45 heavy (non-hydrogen) atoms. The van der Waals surface area contributed by atoms with Gasteiger partial charge in [-0.15, -0.1) is 0 Å². The highest BCUT2D eigenvalue weighted by Gasteiger charge is 2.16. The summed E-state index contributed by atoms with van der Waals surface area (Å²) in [6, 6.07) is 30.9. The van der Waals surface area contributed by atoms with E-state index in [1.165, 1.54) is 11.1 Å². The molecule has 0 amide bonds. The Hall–Kier alpha value is -5.42. The number of benzene rings is 3. The van der Waals surface area contributed by atoms with Gasteiger partial charge in [0.1, 0.15) is 23.3 Å². The van der Waals surface area contributed by atoms with Crippen molar-refractivity contribution >= 4 is 50.5 Å². The van der Waals surface area contributed by atoms with Crippen molar-refractivity contribution in [3.05, 3.63) is 118 Å². The SMILES string of the molecule is Cc1c(-c2cccc(CCNc3cc(N)n4ncc(Br)c4n3)c2)nn2c(N)cc(NCc3ccc(-c4ccccc4)cc3)nc12. The quantitative estimate of drug-likeness (QED) is 0.136. The van der Waals surface area contributed by atoms with Gasteiger partial charge in [0.25, 0.3) is 0 Å². The van der Waals surface area contributed by atoms with Crippen molar-refractivity contribution in [2.24, 2.45) is 0 Å². The van der Waals surface area contributed by atoms with Gasteiger partial charge in [0.2, 0.25) is 0 Å². The highest BCUT2D eigenvalue weighted by Crippen LogP contribution is 2.28. The first kappa shape index (κ1) is 28.4. The molecule has 0 unspecified atom stereocenters. The van der Waals surface area contributed by atoms with Crippen LogP contribution in [0.4, 0.5) is 23.3 Å². The Labute approximate surface area is 268 Å². The zero-order valence-electron chi connectivity index (χ0n) is 24.6. The maximum Gasteiger partial charge on any atom is 0.173 e. The lowest BCUT2D eigenvalue weighted by atomic mass is 10.0. The van der Waals surface area contributed by atoms with E-state index in [0.29, 0.717) is 42.0 Å². The maximum atomic E-state index is 6.46. The zero-order chi connectivity index (χ0) is 30.9. The van der Waals surface area contributed by atoms with Gasteiger partial charge in [-0.25, -0.2) is 9.97 Å². The molecule has 0 atom stereocenters. The van der Waals surface area contributed by atoms with Crippen LogP contribution < -0.4 is 22.1 Å². The molecule has 10 nitrogen and oxygen atoms in total. The number of halogens is 1. The first-order valence-electron chi connectivity index (χ1n) is 14.6. The van der Waals surface area contributed by atoms with E-state index < -0.39 is 0 Å². The van der Waals surface area contributed by atoms with Gasteiger partial charge in [-0.1, -0.05) is 72.8 Å². The second-order valence-corrected chi connectivity index (χ2v) is 11.7. The van der Waals surface area contributed by atoms with E-state index in [2.05, 4.69) is 103 Å². The van der Waals surface area contributed by atoms with E-state index in [-0.39, 0.29) is 0 Å². The summed E-state index contributed by atoms with van der Waals surface area (Å²) in [7, 11) is 0. The molecule has 11 heteroatoms. The Morgan fingerprint density at radius 1 is 0.711 bits per heavy atom. The Kier molecular flexibility index (Phi) is 7.52. The number of aryl methyl sites for hydroxylation is 1. The lowest BCUT2D eigenvalue weighted by Gasteiger charge is -2.09. The molecule has 0 aliphatic heterocycles. The molecule has 0 radical (unpaired) electrons. The molecule has 0 spiro atoms. The third kappa shape index (κ3) is 5.77. The van der Waals surface area contributed by atoms with E-state index in [9.17, 15) is 0 Å². The van der Waals surface area contributed by atoms with E-state index in [1.807, 2.05) is 25.1 Å². The number of nitrogens with two attached hydrogens (primary N) is 2. The minimum atomic E-state index is 0.515. The molecule has 0 saturated heterocycles. The van der Waals surface area contributed by atoms with Crippen LogP contribution in [0.25, 0.3) is 33.7 Å². The fourth-order valence-electron chi connectivity index (χ4n) is 5.41. The van der Waals surface area contributed by atoms with Crippen molar-refractivity contribution < 1.29 is 0 Å². The van der Waals surface area contributed by atoms with Crippen LogP contribution >= 0.6 is 15.9 Å². The Balaban J connectivity index is 1.05. The molecule has 0 saturated carbocycles. The molecule has 7 rings (SSSR count). The number of hydrogen-bond donors (Lipinski definition) is 4. The lowest BCUT2D eigenvalue weighted by molar-refractivity contribution is 0.943. The first-order chi connectivity index (χ1) is 21.9. The number of aromatic nitrogens is 6. The Morgan fingerprint density at radius 3 is 2.20 bits per heavy atom. The summed E-state index contributed by atoms with van der Waals surface area (Å²) >= 11 is 3.47. The molecular formula is C34H31BrN10. The summed E-state index contributed by atoms with van der Waals surface area (Å²) in [5.41, 5.74) is 21.5. The van der Waals surface area contributed by atoms with Gasteiger partial charge in [0.15, 0.2) is 11.3 Å². The van der Waals surface area contributed by atoms with Crippen molar-refractivity contribution in [2.45, 2.75) is 19.9 Å². The summed E-state index contributed by atoms with van der Waals surface area (Å²) in [6.45, 7) is 3.34. The summed E-state index contributed by atoms with van der Waals surface area (Å²) in [6.07, 6.45) is 2.47. The molecule has 0 fully saturated rings. The summed E-state index contributed by atoms with van der Waals surface area (Å²) in [5, 5.41) is 15.9. The maximum absolute atomic E-state index is 6.46. The first-order valence-corrected chi connectivity index (χ1v) is 15.4. The highest BCUT2D eigenvalue weighted by molar-refractivity contribution is 9.10. The molecule has 224 valence electrons. The smallest absolute Gasteiger partial charge is 0.173 e. The van der Waals surface area contributed by atoms with Crippen LogP contribution in [-0.4, -0.2) is 35.7 Å². The number of rotatable bonds is 9. The molecule has 0 bridgehead atoms. The van der Waals surface area contributed by atoms with Crippen LogP contribution in [0.2, 0.25) is 0 Å². The molecule has 6 N–H and O–H groups in total. The largest absolute Gasteiger partial charge is 0.383 e. The van der Waals surface area contributed by atoms with E-state index in [1.54, 1.807) is 21.3 Å². The van der Waals surface area contributed by atoms with Gasteiger partial charge >= 0.3 is 0 Å².